The summed E-state index contributed by atoms with van der Waals surface area (Å²) < 4.78 is 0. The smallest absolute Gasteiger partial charge is 0.0591 e. The van der Waals surface area contributed by atoms with Gasteiger partial charge in [0.1, 0.15) is 0 Å². The van der Waals surface area contributed by atoms with E-state index in [4.69, 9.17) is 0 Å². The topological polar surface area (TPSA) is 20.2 Å². The van der Waals surface area contributed by atoms with Crippen molar-refractivity contribution < 1.29 is 5.11 Å². The van der Waals surface area contributed by atoms with E-state index < -0.39 is 5.60 Å². The highest BCUT2D eigenvalue weighted by Gasteiger charge is 2.10. The predicted octanol–water partition coefficient (Wildman–Crippen LogP) is 3.92. The van der Waals surface area contributed by atoms with Crippen LogP contribution in [0.1, 0.15) is 60.3 Å². The molecule has 1 nitrogen and oxygen atoms in total. The minimum Gasteiger partial charge on any atom is -0.390 e. The first kappa shape index (κ1) is 13.7. The molecule has 0 atom stereocenters. The minimum atomic E-state index is -0.502. The molecular weight excluding hydrogens is 172 g/mol. The van der Waals surface area contributed by atoms with Gasteiger partial charge in [-0.05, 0) is 52.4 Å². The normalized spacial score (nSPS) is 13.8. The Morgan fingerprint density at radius 1 is 1.36 bits per heavy atom. The van der Waals surface area contributed by atoms with Crippen molar-refractivity contribution in [3.05, 3.63) is 11.6 Å². The Morgan fingerprint density at radius 2 is 1.93 bits per heavy atom. The number of aliphatic hydroxyl groups is 1. The molecule has 0 amide bonds. The third-order valence-electron chi connectivity index (χ3n) is 2.30. The van der Waals surface area contributed by atoms with E-state index in [1.54, 1.807) is 0 Å². The van der Waals surface area contributed by atoms with Crippen LogP contribution in [0, 0.1) is 5.92 Å². The van der Waals surface area contributed by atoms with Crippen LogP contribution >= 0.6 is 0 Å². The molecule has 0 aromatic heterocycles. The van der Waals surface area contributed by atoms with Crippen LogP contribution in [0.4, 0.5) is 0 Å². The van der Waals surface area contributed by atoms with Gasteiger partial charge in [-0.15, -0.1) is 0 Å². The lowest BCUT2D eigenvalue weighted by Gasteiger charge is -2.16. The molecule has 0 aliphatic heterocycles. The number of hydrogen-bond donors (Lipinski definition) is 1. The maximum absolute atomic E-state index is 9.53. The average Bonchev–Trinajstić information content (AvgIpc) is 1.98. The molecule has 0 bridgehead atoms. The summed E-state index contributed by atoms with van der Waals surface area (Å²) in [5.74, 6) is 0.749. The van der Waals surface area contributed by atoms with Crippen LogP contribution in [0.3, 0.4) is 0 Å². The molecule has 0 saturated heterocycles. The van der Waals surface area contributed by atoms with Gasteiger partial charge in [0, 0.05) is 0 Å². The van der Waals surface area contributed by atoms with Gasteiger partial charge < -0.3 is 5.11 Å². The lowest BCUT2D eigenvalue weighted by Crippen LogP contribution is -2.17. The summed E-state index contributed by atoms with van der Waals surface area (Å²) in [6.45, 7) is 10.4. The molecule has 84 valence electrons. The van der Waals surface area contributed by atoms with Crippen LogP contribution in [-0.2, 0) is 0 Å². The maximum Gasteiger partial charge on any atom is 0.0591 e. The Morgan fingerprint density at radius 3 is 2.36 bits per heavy atom. The van der Waals surface area contributed by atoms with Crippen molar-refractivity contribution in [1.82, 2.24) is 0 Å². The van der Waals surface area contributed by atoms with Gasteiger partial charge in [-0.3, -0.25) is 0 Å². The Bertz CT molecular complexity index is 172. The second-order valence-corrected chi connectivity index (χ2v) is 5.35. The molecule has 0 spiro atoms. The molecule has 0 rings (SSSR count). The summed E-state index contributed by atoms with van der Waals surface area (Å²) in [7, 11) is 0. The van der Waals surface area contributed by atoms with E-state index in [1.807, 2.05) is 13.8 Å². The van der Waals surface area contributed by atoms with Crippen LogP contribution < -0.4 is 0 Å². The monoisotopic (exact) mass is 198 g/mol. The van der Waals surface area contributed by atoms with Gasteiger partial charge in [0.25, 0.3) is 0 Å². The fourth-order valence-corrected chi connectivity index (χ4v) is 1.34. The Balaban J connectivity index is 3.63. The fraction of sp³-hybridized carbons (Fsp3) is 0.846. The summed E-state index contributed by atoms with van der Waals surface area (Å²) in [6, 6.07) is 0. The Kier molecular flexibility index (Phi) is 6.10. The zero-order valence-electron chi connectivity index (χ0n) is 10.4. The van der Waals surface area contributed by atoms with E-state index in [1.165, 1.54) is 12.0 Å². The molecule has 0 fully saturated rings. The molecule has 0 heterocycles. The fourth-order valence-electron chi connectivity index (χ4n) is 1.34. The standard InChI is InChI=1S/C13H26O/c1-11(2)8-9-12(3)7-6-10-13(4,5)14/h9,11,14H,6-8,10H2,1-5H3. The molecule has 0 radical (unpaired) electrons. The van der Waals surface area contributed by atoms with Crippen molar-refractivity contribution in [2.75, 3.05) is 0 Å². The van der Waals surface area contributed by atoms with Gasteiger partial charge >= 0.3 is 0 Å². The van der Waals surface area contributed by atoms with Crippen molar-refractivity contribution in [2.24, 2.45) is 5.92 Å². The summed E-state index contributed by atoms with van der Waals surface area (Å²) in [5.41, 5.74) is 0.959. The van der Waals surface area contributed by atoms with E-state index in [0.29, 0.717) is 0 Å². The lowest BCUT2D eigenvalue weighted by molar-refractivity contribution is 0.0689. The third kappa shape index (κ3) is 9.79. The SMILES string of the molecule is CC(=CCC(C)C)CCCC(C)(C)O. The van der Waals surface area contributed by atoms with Crippen molar-refractivity contribution in [2.45, 2.75) is 65.9 Å². The molecule has 0 aromatic carbocycles. The van der Waals surface area contributed by atoms with Crippen LogP contribution in [0.25, 0.3) is 0 Å². The Hall–Kier alpha value is -0.300. The number of allylic oxidation sites excluding steroid dienone is 2. The molecule has 0 aliphatic carbocycles. The highest BCUT2D eigenvalue weighted by Crippen LogP contribution is 2.16. The molecule has 0 saturated carbocycles. The van der Waals surface area contributed by atoms with E-state index in [2.05, 4.69) is 26.8 Å². The highest BCUT2D eigenvalue weighted by molar-refractivity contribution is 4.98. The average molecular weight is 198 g/mol. The molecule has 0 aliphatic rings. The van der Waals surface area contributed by atoms with Crippen molar-refractivity contribution >= 4 is 0 Å². The van der Waals surface area contributed by atoms with E-state index in [-0.39, 0.29) is 0 Å². The van der Waals surface area contributed by atoms with Crippen molar-refractivity contribution in [1.29, 1.82) is 0 Å². The van der Waals surface area contributed by atoms with E-state index in [9.17, 15) is 5.11 Å². The highest BCUT2D eigenvalue weighted by atomic mass is 16.3. The lowest BCUT2D eigenvalue weighted by atomic mass is 9.98. The van der Waals surface area contributed by atoms with Crippen molar-refractivity contribution in [3.63, 3.8) is 0 Å². The first-order chi connectivity index (χ1) is 6.31. The second kappa shape index (κ2) is 6.23. The number of rotatable bonds is 6. The first-order valence-electron chi connectivity index (χ1n) is 5.69. The molecular formula is C13H26O. The van der Waals surface area contributed by atoms with Gasteiger partial charge in [-0.1, -0.05) is 25.5 Å². The largest absolute Gasteiger partial charge is 0.390 e. The van der Waals surface area contributed by atoms with E-state index >= 15 is 0 Å². The maximum atomic E-state index is 9.53. The molecule has 0 aromatic rings. The van der Waals surface area contributed by atoms with Crippen LogP contribution in [0.15, 0.2) is 11.6 Å². The molecule has 1 heteroatoms. The summed E-state index contributed by atoms with van der Waals surface area (Å²) in [4.78, 5) is 0. The van der Waals surface area contributed by atoms with E-state index in [0.717, 1.165) is 25.2 Å². The second-order valence-electron chi connectivity index (χ2n) is 5.35. The first-order valence-corrected chi connectivity index (χ1v) is 5.69. The van der Waals surface area contributed by atoms with Crippen LogP contribution in [0.5, 0.6) is 0 Å². The summed E-state index contributed by atoms with van der Waals surface area (Å²) >= 11 is 0. The van der Waals surface area contributed by atoms with Gasteiger partial charge in [0.2, 0.25) is 0 Å². The van der Waals surface area contributed by atoms with Gasteiger partial charge in [-0.2, -0.15) is 0 Å². The minimum absolute atomic E-state index is 0.502. The summed E-state index contributed by atoms with van der Waals surface area (Å²) in [5, 5.41) is 9.53. The third-order valence-corrected chi connectivity index (χ3v) is 2.30. The van der Waals surface area contributed by atoms with Crippen molar-refractivity contribution in [3.8, 4) is 0 Å². The predicted molar refractivity (Wildman–Crippen MR) is 63.4 cm³/mol. The summed E-state index contributed by atoms with van der Waals surface area (Å²) in [6.07, 6.45) is 6.60. The zero-order chi connectivity index (χ0) is 11.2. The zero-order valence-corrected chi connectivity index (χ0v) is 10.4. The molecule has 14 heavy (non-hydrogen) atoms. The van der Waals surface area contributed by atoms with Crippen LogP contribution in [-0.4, -0.2) is 10.7 Å². The van der Waals surface area contributed by atoms with Crippen LogP contribution in [0.2, 0.25) is 0 Å². The molecule has 1 N–H and O–H groups in total. The number of hydrogen-bond acceptors (Lipinski definition) is 1. The van der Waals surface area contributed by atoms with Gasteiger partial charge in [0.05, 0.1) is 5.60 Å². The Labute approximate surface area is 89.2 Å². The quantitative estimate of drug-likeness (QED) is 0.641. The molecule has 0 unspecified atom stereocenters. The van der Waals surface area contributed by atoms with Gasteiger partial charge in [0.15, 0.2) is 0 Å². The van der Waals surface area contributed by atoms with Gasteiger partial charge in [-0.25, -0.2) is 0 Å².